The summed E-state index contributed by atoms with van der Waals surface area (Å²) in [6.07, 6.45) is 0. The van der Waals surface area contributed by atoms with Gasteiger partial charge in [0.15, 0.2) is 5.58 Å². The van der Waals surface area contributed by atoms with Crippen molar-refractivity contribution in [2.75, 3.05) is 4.90 Å². The van der Waals surface area contributed by atoms with E-state index in [0.717, 1.165) is 83.3 Å². The molecule has 0 aliphatic rings. The highest BCUT2D eigenvalue weighted by molar-refractivity contribution is 6.17. The summed E-state index contributed by atoms with van der Waals surface area (Å²) in [4.78, 5) is 2.30. The van der Waals surface area contributed by atoms with Gasteiger partial charge in [-0.3, -0.25) is 0 Å². The standard InChI is InChI=1S/C54H34N2O2/c1-2-11-35(12-3-1)36-21-27-39(28-22-36)55(49-18-10-16-45-43-14-5-9-20-52(43)58-54(45)49)40-29-23-37(24-30-40)38-25-31-41(32-26-38)56-48-17-7-4-13-42(48)46-34-53-47(33-50(46)56)44-15-6-8-19-51(44)57-53/h1-34H. The monoisotopic (exact) mass is 742 g/mol. The summed E-state index contributed by atoms with van der Waals surface area (Å²) in [5.41, 5.74) is 14.8. The Morgan fingerprint density at radius 2 is 0.862 bits per heavy atom. The number of para-hydroxylation sites is 4. The quantitative estimate of drug-likeness (QED) is 0.170. The van der Waals surface area contributed by atoms with E-state index in [1.807, 2.05) is 24.3 Å². The smallest absolute Gasteiger partial charge is 0.159 e. The van der Waals surface area contributed by atoms with Gasteiger partial charge < -0.3 is 18.3 Å². The number of benzene rings is 9. The summed E-state index contributed by atoms with van der Waals surface area (Å²) in [6, 6.07) is 73.2. The van der Waals surface area contributed by atoms with Crippen LogP contribution in [0.3, 0.4) is 0 Å². The molecule has 0 spiro atoms. The normalized spacial score (nSPS) is 11.8. The average Bonchev–Trinajstić information content (AvgIpc) is 3.96. The molecule has 4 nitrogen and oxygen atoms in total. The number of anilines is 3. The minimum Gasteiger partial charge on any atom is -0.456 e. The lowest BCUT2D eigenvalue weighted by Gasteiger charge is -2.26. The van der Waals surface area contributed by atoms with Gasteiger partial charge in [-0.2, -0.15) is 0 Å². The molecule has 58 heavy (non-hydrogen) atoms. The third-order valence-corrected chi connectivity index (χ3v) is 11.6. The molecule has 0 amide bonds. The Hall–Kier alpha value is -7.82. The molecule has 272 valence electrons. The fourth-order valence-corrected chi connectivity index (χ4v) is 8.84. The first kappa shape index (κ1) is 32.4. The SMILES string of the molecule is c1ccc(-c2ccc(N(c3ccc(-c4ccc(-n5c6ccccc6c6cc7oc8ccccc8c7cc65)cc4)cc3)c3cccc4c3oc3ccccc34)cc2)cc1. The molecule has 0 fully saturated rings. The largest absolute Gasteiger partial charge is 0.456 e. The van der Waals surface area contributed by atoms with Gasteiger partial charge in [-0.1, -0.05) is 133 Å². The van der Waals surface area contributed by atoms with Crippen molar-refractivity contribution in [3.63, 3.8) is 0 Å². The molecule has 12 rings (SSSR count). The molecule has 0 aliphatic carbocycles. The van der Waals surface area contributed by atoms with Crippen molar-refractivity contribution in [3.8, 4) is 27.9 Å². The molecule has 9 aromatic carbocycles. The summed E-state index contributed by atoms with van der Waals surface area (Å²) < 4.78 is 15.2. The summed E-state index contributed by atoms with van der Waals surface area (Å²) >= 11 is 0. The first-order valence-electron chi connectivity index (χ1n) is 19.7. The van der Waals surface area contributed by atoms with Crippen LogP contribution in [0.2, 0.25) is 0 Å². The predicted molar refractivity (Wildman–Crippen MR) is 241 cm³/mol. The van der Waals surface area contributed by atoms with Crippen molar-refractivity contribution in [3.05, 3.63) is 206 Å². The molecule has 3 aromatic heterocycles. The number of rotatable bonds is 6. The average molecular weight is 743 g/mol. The second kappa shape index (κ2) is 12.9. The van der Waals surface area contributed by atoms with Crippen LogP contribution in [0.5, 0.6) is 0 Å². The van der Waals surface area contributed by atoms with Gasteiger partial charge in [-0.15, -0.1) is 0 Å². The van der Waals surface area contributed by atoms with E-state index in [1.54, 1.807) is 0 Å². The molecular formula is C54H34N2O2. The summed E-state index contributed by atoms with van der Waals surface area (Å²) in [5, 5.41) is 6.85. The molecule has 0 N–H and O–H groups in total. The molecule has 4 heteroatoms. The highest BCUT2D eigenvalue weighted by Gasteiger charge is 2.20. The highest BCUT2D eigenvalue weighted by atomic mass is 16.3. The van der Waals surface area contributed by atoms with Crippen molar-refractivity contribution in [1.82, 2.24) is 4.57 Å². The Kier molecular flexibility index (Phi) is 7.20. The lowest BCUT2D eigenvalue weighted by molar-refractivity contribution is 0.669. The fourth-order valence-electron chi connectivity index (χ4n) is 8.84. The molecule has 0 unspecified atom stereocenters. The Morgan fingerprint density at radius 1 is 0.328 bits per heavy atom. The molecule has 0 bridgehead atoms. The molecule has 0 saturated carbocycles. The van der Waals surface area contributed by atoms with Crippen LogP contribution in [-0.2, 0) is 0 Å². The summed E-state index contributed by atoms with van der Waals surface area (Å²) in [5.74, 6) is 0. The fraction of sp³-hybridized carbons (Fsp3) is 0. The zero-order chi connectivity index (χ0) is 38.2. The predicted octanol–water partition coefficient (Wildman–Crippen LogP) is 15.4. The van der Waals surface area contributed by atoms with Crippen LogP contribution in [0.4, 0.5) is 17.1 Å². The van der Waals surface area contributed by atoms with Gasteiger partial charge >= 0.3 is 0 Å². The second-order valence-corrected chi connectivity index (χ2v) is 14.9. The van der Waals surface area contributed by atoms with E-state index in [0.29, 0.717) is 0 Å². The zero-order valence-corrected chi connectivity index (χ0v) is 31.3. The lowest BCUT2D eigenvalue weighted by Crippen LogP contribution is -2.10. The number of fused-ring (bicyclic) bond motifs is 9. The lowest BCUT2D eigenvalue weighted by atomic mass is 10.0. The molecule has 12 aromatic rings. The maximum Gasteiger partial charge on any atom is 0.159 e. The van der Waals surface area contributed by atoms with E-state index in [-0.39, 0.29) is 0 Å². The first-order chi connectivity index (χ1) is 28.7. The van der Waals surface area contributed by atoms with Crippen molar-refractivity contribution in [1.29, 1.82) is 0 Å². The second-order valence-electron chi connectivity index (χ2n) is 14.9. The first-order valence-corrected chi connectivity index (χ1v) is 19.7. The Morgan fingerprint density at radius 3 is 1.55 bits per heavy atom. The van der Waals surface area contributed by atoms with Crippen LogP contribution in [0.15, 0.2) is 215 Å². The maximum atomic E-state index is 6.58. The van der Waals surface area contributed by atoms with Gasteiger partial charge in [-0.25, -0.2) is 0 Å². The number of hydrogen-bond donors (Lipinski definition) is 0. The maximum absolute atomic E-state index is 6.58. The third kappa shape index (κ3) is 5.09. The molecule has 0 atom stereocenters. The topological polar surface area (TPSA) is 34.5 Å². The van der Waals surface area contributed by atoms with Crippen molar-refractivity contribution < 1.29 is 8.83 Å². The van der Waals surface area contributed by atoms with Gasteiger partial charge in [0.1, 0.15) is 16.7 Å². The van der Waals surface area contributed by atoms with Gasteiger partial charge in [0.25, 0.3) is 0 Å². The van der Waals surface area contributed by atoms with E-state index >= 15 is 0 Å². The molecule has 3 heterocycles. The Bertz CT molecular complexity index is 3480. The van der Waals surface area contributed by atoms with E-state index in [2.05, 4.69) is 191 Å². The van der Waals surface area contributed by atoms with Crippen LogP contribution >= 0.6 is 0 Å². The molecular weight excluding hydrogens is 709 g/mol. The van der Waals surface area contributed by atoms with E-state index < -0.39 is 0 Å². The van der Waals surface area contributed by atoms with Gasteiger partial charge in [0.2, 0.25) is 0 Å². The third-order valence-electron chi connectivity index (χ3n) is 11.6. The molecule has 0 saturated heterocycles. The van der Waals surface area contributed by atoms with Crippen LogP contribution in [0.1, 0.15) is 0 Å². The van der Waals surface area contributed by atoms with E-state index in [9.17, 15) is 0 Å². The van der Waals surface area contributed by atoms with Crippen LogP contribution < -0.4 is 4.90 Å². The zero-order valence-electron chi connectivity index (χ0n) is 31.3. The number of nitrogens with zero attached hydrogens (tertiary/aromatic N) is 2. The number of hydrogen-bond acceptors (Lipinski definition) is 3. The Labute approximate surface area is 334 Å². The van der Waals surface area contributed by atoms with Crippen LogP contribution in [0.25, 0.3) is 93.6 Å². The van der Waals surface area contributed by atoms with Crippen molar-refractivity contribution in [2.45, 2.75) is 0 Å². The van der Waals surface area contributed by atoms with Gasteiger partial charge in [-0.05, 0) is 95.1 Å². The van der Waals surface area contributed by atoms with Gasteiger partial charge in [0, 0.05) is 49.4 Å². The van der Waals surface area contributed by atoms with Crippen molar-refractivity contribution in [2.24, 2.45) is 0 Å². The summed E-state index contributed by atoms with van der Waals surface area (Å²) in [7, 11) is 0. The minimum atomic E-state index is 0.863. The van der Waals surface area contributed by atoms with Crippen LogP contribution in [0, 0.1) is 0 Å². The number of furan rings is 2. The van der Waals surface area contributed by atoms with E-state index in [1.165, 1.54) is 27.4 Å². The molecule has 0 aliphatic heterocycles. The van der Waals surface area contributed by atoms with Crippen LogP contribution in [-0.4, -0.2) is 4.57 Å². The molecule has 0 radical (unpaired) electrons. The van der Waals surface area contributed by atoms with Crippen molar-refractivity contribution >= 4 is 82.7 Å². The van der Waals surface area contributed by atoms with E-state index in [4.69, 9.17) is 8.83 Å². The van der Waals surface area contributed by atoms with Gasteiger partial charge in [0.05, 0.1) is 16.7 Å². The summed E-state index contributed by atoms with van der Waals surface area (Å²) in [6.45, 7) is 0. The number of aromatic nitrogens is 1. The minimum absolute atomic E-state index is 0.863. The highest BCUT2D eigenvalue weighted by Crippen LogP contribution is 2.43. The Balaban J connectivity index is 0.939.